The van der Waals surface area contributed by atoms with E-state index in [-0.39, 0.29) is 6.10 Å². The third-order valence-corrected chi connectivity index (χ3v) is 6.21. The first kappa shape index (κ1) is 22.3. The Morgan fingerprint density at radius 1 is 1.21 bits per heavy atom. The Hall–Kier alpha value is -1.43. The highest BCUT2D eigenvalue weighted by molar-refractivity contribution is 6.33. The minimum atomic E-state index is -1.14. The zero-order valence-electron chi connectivity index (χ0n) is 17.6. The predicted octanol–water partition coefficient (Wildman–Crippen LogP) is 4.62. The second kappa shape index (κ2) is 10.1. The van der Waals surface area contributed by atoms with E-state index in [2.05, 4.69) is 37.4 Å². The average Bonchev–Trinajstić information content (AvgIpc) is 2.73. The van der Waals surface area contributed by atoms with Crippen molar-refractivity contribution >= 4 is 11.6 Å². The molecular formula is C24H32ClNO3. The quantitative estimate of drug-likeness (QED) is 0.615. The summed E-state index contributed by atoms with van der Waals surface area (Å²) in [4.78, 5) is 0. The van der Waals surface area contributed by atoms with Crippen LogP contribution in [0.15, 0.2) is 36.4 Å². The predicted molar refractivity (Wildman–Crippen MR) is 119 cm³/mol. The van der Waals surface area contributed by atoms with Crippen molar-refractivity contribution in [3.8, 4) is 11.1 Å². The fraction of sp³-hybridized carbons (Fsp3) is 0.500. The number of nitrogens with one attached hydrogen (secondary N) is 1. The SMILES string of the molecule is COCCCC[C@@](O)(c1cccc(Cl)c1-c1ccc(C)c(C)c1)C1CNCCO1. The van der Waals surface area contributed by atoms with Crippen molar-refractivity contribution in [3.63, 3.8) is 0 Å². The smallest absolute Gasteiger partial charge is 0.118 e. The van der Waals surface area contributed by atoms with E-state index >= 15 is 0 Å². The summed E-state index contributed by atoms with van der Waals surface area (Å²) in [6, 6.07) is 12.1. The number of halogens is 1. The molecule has 2 aromatic rings. The Labute approximate surface area is 179 Å². The molecule has 29 heavy (non-hydrogen) atoms. The topological polar surface area (TPSA) is 50.7 Å². The summed E-state index contributed by atoms with van der Waals surface area (Å²) in [6.07, 6.45) is 1.98. The first-order chi connectivity index (χ1) is 14.0. The molecule has 2 N–H and O–H groups in total. The van der Waals surface area contributed by atoms with Gasteiger partial charge < -0.3 is 19.9 Å². The van der Waals surface area contributed by atoms with Gasteiger partial charge in [-0.3, -0.25) is 0 Å². The maximum atomic E-state index is 12.0. The molecule has 1 saturated heterocycles. The number of rotatable bonds is 8. The lowest BCUT2D eigenvalue weighted by Crippen LogP contribution is -2.51. The molecule has 0 radical (unpaired) electrons. The number of ether oxygens (including phenoxy) is 2. The van der Waals surface area contributed by atoms with Gasteiger partial charge in [-0.05, 0) is 61.4 Å². The molecule has 1 unspecified atom stereocenters. The first-order valence-electron chi connectivity index (χ1n) is 10.4. The lowest BCUT2D eigenvalue weighted by Gasteiger charge is -2.40. The van der Waals surface area contributed by atoms with Gasteiger partial charge in [-0.2, -0.15) is 0 Å². The van der Waals surface area contributed by atoms with Crippen molar-refractivity contribution in [2.24, 2.45) is 0 Å². The van der Waals surface area contributed by atoms with Crippen LogP contribution in [0, 0.1) is 13.8 Å². The van der Waals surface area contributed by atoms with Gasteiger partial charge in [0.05, 0.1) is 6.61 Å². The fourth-order valence-electron chi connectivity index (χ4n) is 4.06. The van der Waals surface area contributed by atoms with Gasteiger partial charge >= 0.3 is 0 Å². The minimum Gasteiger partial charge on any atom is -0.385 e. The number of benzene rings is 2. The molecule has 2 atom stereocenters. The maximum Gasteiger partial charge on any atom is 0.118 e. The molecule has 1 heterocycles. The summed E-state index contributed by atoms with van der Waals surface area (Å²) >= 11 is 6.70. The third kappa shape index (κ3) is 5.01. The van der Waals surface area contributed by atoms with Gasteiger partial charge in [-0.15, -0.1) is 0 Å². The Bertz CT molecular complexity index is 820. The second-order valence-electron chi connectivity index (χ2n) is 7.90. The summed E-state index contributed by atoms with van der Waals surface area (Å²) in [5.41, 5.74) is 4.04. The zero-order valence-corrected chi connectivity index (χ0v) is 18.4. The summed E-state index contributed by atoms with van der Waals surface area (Å²) in [6.45, 7) is 6.88. The molecule has 158 valence electrons. The molecule has 1 aliphatic rings. The van der Waals surface area contributed by atoms with Gasteiger partial charge in [0.25, 0.3) is 0 Å². The highest BCUT2D eigenvalue weighted by Gasteiger charge is 2.41. The highest BCUT2D eigenvalue weighted by atomic mass is 35.5. The molecule has 3 rings (SSSR count). The van der Waals surface area contributed by atoms with Crippen LogP contribution in [0.1, 0.15) is 36.0 Å². The first-order valence-corrected chi connectivity index (χ1v) is 10.8. The number of morpholine rings is 1. The second-order valence-corrected chi connectivity index (χ2v) is 8.31. The van der Waals surface area contributed by atoms with Crippen LogP contribution >= 0.6 is 11.6 Å². The molecule has 1 aliphatic heterocycles. The number of methoxy groups -OCH3 is 1. The lowest BCUT2D eigenvalue weighted by molar-refractivity contribution is -0.129. The van der Waals surface area contributed by atoms with Crippen LogP contribution in [0.5, 0.6) is 0 Å². The molecule has 0 aliphatic carbocycles. The van der Waals surface area contributed by atoms with Crippen molar-refractivity contribution in [2.75, 3.05) is 33.4 Å². The van der Waals surface area contributed by atoms with E-state index < -0.39 is 5.60 Å². The molecule has 2 aromatic carbocycles. The summed E-state index contributed by atoms with van der Waals surface area (Å²) < 4.78 is 11.2. The number of aliphatic hydroxyl groups is 1. The Kier molecular flexibility index (Phi) is 7.72. The third-order valence-electron chi connectivity index (χ3n) is 5.89. The summed E-state index contributed by atoms with van der Waals surface area (Å²) in [7, 11) is 1.70. The van der Waals surface area contributed by atoms with Crippen molar-refractivity contribution in [3.05, 3.63) is 58.1 Å². The Balaban J connectivity index is 2.07. The van der Waals surface area contributed by atoms with Crippen LogP contribution < -0.4 is 5.32 Å². The number of hydrogen-bond donors (Lipinski definition) is 2. The van der Waals surface area contributed by atoms with Crippen LogP contribution in [0.25, 0.3) is 11.1 Å². The molecule has 0 spiro atoms. The largest absolute Gasteiger partial charge is 0.385 e. The van der Waals surface area contributed by atoms with Gasteiger partial charge in [-0.1, -0.05) is 41.9 Å². The number of hydrogen-bond acceptors (Lipinski definition) is 4. The van der Waals surface area contributed by atoms with E-state index in [1.54, 1.807) is 7.11 Å². The molecule has 1 fully saturated rings. The van der Waals surface area contributed by atoms with Crippen molar-refractivity contribution in [1.29, 1.82) is 0 Å². The fourth-order valence-corrected chi connectivity index (χ4v) is 4.34. The van der Waals surface area contributed by atoms with Crippen LogP contribution in [0.3, 0.4) is 0 Å². The van der Waals surface area contributed by atoms with Gasteiger partial charge in [0.2, 0.25) is 0 Å². The molecule has 5 heteroatoms. The van der Waals surface area contributed by atoms with Gasteiger partial charge in [0, 0.05) is 37.4 Å². The van der Waals surface area contributed by atoms with E-state index in [0.717, 1.165) is 36.1 Å². The number of unbranched alkanes of at least 4 members (excludes halogenated alkanes) is 1. The Morgan fingerprint density at radius 2 is 2.03 bits per heavy atom. The molecule has 0 aromatic heterocycles. The zero-order chi connectivity index (χ0) is 20.9. The van der Waals surface area contributed by atoms with E-state index in [1.165, 1.54) is 11.1 Å². The molecular weight excluding hydrogens is 386 g/mol. The van der Waals surface area contributed by atoms with E-state index in [9.17, 15) is 5.11 Å². The standard InChI is InChI=1S/C24H32ClNO3/c1-17-9-10-19(15-18(17)2)23-20(7-6-8-21(23)25)24(27,11-4-5-13-28-3)22-16-26-12-14-29-22/h6-10,15,22,26-27H,4-5,11-14,16H2,1-3H3/t22?,24-/m1/s1. The van der Waals surface area contributed by atoms with Crippen molar-refractivity contribution < 1.29 is 14.6 Å². The van der Waals surface area contributed by atoms with Gasteiger partial charge in [0.15, 0.2) is 0 Å². The minimum absolute atomic E-state index is 0.331. The van der Waals surface area contributed by atoms with Crippen molar-refractivity contribution in [2.45, 2.75) is 44.8 Å². The van der Waals surface area contributed by atoms with Crippen LogP contribution in [0.2, 0.25) is 5.02 Å². The van der Waals surface area contributed by atoms with Gasteiger partial charge in [-0.25, -0.2) is 0 Å². The molecule has 0 bridgehead atoms. The van der Waals surface area contributed by atoms with Crippen LogP contribution in [-0.2, 0) is 15.1 Å². The van der Waals surface area contributed by atoms with Crippen LogP contribution in [-0.4, -0.2) is 44.6 Å². The molecule has 4 nitrogen and oxygen atoms in total. The highest BCUT2D eigenvalue weighted by Crippen LogP contribution is 2.42. The Morgan fingerprint density at radius 3 is 2.72 bits per heavy atom. The monoisotopic (exact) mass is 417 g/mol. The maximum absolute atomic E-state index is 12.0. The molecule has 0 saturated carbocycles. The summed E-state index contributed by atoms with van der Waals surface area (Å²) in [5, 5.41) is 16.0. The summed E-state index contributed by atoms with van der Waals surface area (Å²) in [5.74, 6) is 0. The average molecular weight is 418 g/mol. The van der Waals surface area contributed by atoms with E-state index in [0.29, 0.717) is 31.2 Å². The molecule has 0 amide bonds. The van der Waals surface area contributed by atoms with E-state index in [4.69, 9.17) is 21.1 Å². The number of aryl methyl sites for hydroxylation is 2. The van der Waals surface area contributed by atoms with E-state index in [1.807, 2.05) is 18.2 Å². The van der Waals surface area contributed by atoms with Gasteiger partial charge in [0.1, 0.15) is 11.7 Å². The van der Waals surface area contributed by atoms with Crippen LogP contribution in [0.4, 0.5) is 0 Å². The lowest BCUT2D eigenvalue weighted by atomic mass is 9.79. The van der Waals surface area contributed by atoms with Crippen molar-refractivity contribution in [1.82, 2.24) is 5.32 Å². The normalized spacial score (nSPS) is 19.1.